The zero-order valence-corrected chi connectivity index (χ0v) is 15.4. The topological polar surface area (TPSA) is 27.9 Å². The monoisotopic (exact) mass is 361 g/mol. The predicted molar refractivity (Wildman–Crippen MR) is 102 cm³/mol. The van der Waals surface area contributed by atoms with E-state index in [0.717, 1.165) is 44.2 Å². The first-order valence-electron chi connectivity index (χ1n) is 8.82. The van der Waals surface area contributed by atoms with Gasteiger partial charge in [-0.3, -0.25) is 0 Å². The van der Waals surface area contributed by atoms with Crippen molar-refractivity contribution in [1.29, 1.82) is 0 Å². The molecule has 2 N–H and O–H groups in total. The number of aryl methyl sites for hydroxylation is 1. The minimum atomic E-state index is -0.293. The normalized spacial score (nSPS) is 16.8. The van der Waals surface area contributed by atoms with Gasteiger partial charge in [-0.1, -0.05) is 17.7 Å². The lowest BCUT2D eigenvalue weighted by molar-refractivity contribution is -0.903. The van der Waals surface area contributed by atoms with Gasteiger partial charge in [0.25, 0.3) is 0 Å². The Hall–Kier alpha value is -1.56. The van der Waals surface area contributed by atoms with Crippen LogP contribution in [0.5, 0.6) is 0 Å². The van der Waals surface area contributed by atoms with Crippen LogP contribution in [0, 0.1) is 12.7 Å². The molecule has 0 bridgehead atoms. The summed E-state index contributed by atoms with van der Waals surface area (Å²) >= 11 is 1.72. The van der Waals surface area contributed by atoms with Crippen molar-refractivity contribution >= 4 is 17.4 Å². The third-order valence-corrected chi connectivity index (χ3v) is 5.81. The second-order valence-corrected chi connectivity index (χ2v) is 7.79. The van der Waals surface area contributed by atoms with Gasteiger partial charge in [-0.05, 0) is 43.3 Å². The summed E-state index contributed by atoms with van der Waals surface area (Å²) in [4.78, 5) is 4.94. The van der Waals surface area contributed by atoms with Crippen LogP contribution in [0.4, 0.5) is 10.1 Å². The molecule has 3 rings (SSSR count). The summed E-state index contributed by atoms with van der Waals surface area (Å²) in [5.74, 6) is 0.538. The van der Waals surface area contributed by atoms with Crippen molar-refractivity contribution in [3.05, 3.63) is 59.9 Å². The molecule has 0 spiro atoms. The van der Waals surface area contributed by atoms with E-state index in [9.17, 15) is 9.50 Å². The second-order valence-electron chi connectivity index (χ2n) is 6.70. The van der Waals surface area contributed by atoms with Crippen LogP contribution in [0.25, 0.3) is 0 Å². The predicted octanol–water partition coefficient (Wildman–Crippen LogP) is 1.99. The van der Waals surface area contributed by atoms with Crippen molar-refractivity contribution in [1.82, 2.24) is 0 Å². The average molecular weight is 362 g/mol. The first-order valence-corrected chi connectivity index (χ1v) is 9.80. The molecule has 3 nitrogen and oxygen atoms in total. The summed E-state index contributed by atoms with van der Waals surface area (Å²) < 4.78 is 13.0. The van der Waals surface area contributed by atoms with Crippen LogP contribution in [0.15, 0.2) is 53.4 Å². The van der Waals surface area contributed by atoms with Gasteiger partial charge in [-0.2, -0.15) is 0 Å². The zero-order valence-electron chi connectivity index (χ0n) is 14.6. The van der Waals surface area contributed by atoms with E-state index < -0.39 is 0 Å². The molecule has 0 unspecified atom stereocenters. The molecule has 2 aromatic carbocycles. The molecular weight excluding hydrogens is 335 g/mol. The number of rotatable bonds is 6. The first kappa shape index (κ1) is 18.2. The van der Waals surface area contributed by atoms with E-state index in [0.29, 0.717) is 0 Å². The van der Waals surface area contributed by atoms with Crippen LogP contribution in [-0.2, 0) is 0 Å². The Morgan fingerprint density at radius 2 is 1.72 bits per heavy atom. The molecule has 1 heterocycles. The van der Waals surface area contributed by atoms with Crippen LogP contribution >= 0.6 is 11.8 Å². The lowest BCUT2D eigenvalue weighted by Gasteiger charge is -2.34. The highest BCUT2D eigenvalue weighted by atomic mass is 32.2. The van der Waals surface area contributed by atoms with Crippen LogP contribution in [-0.4, -0.2) is 49.7 Å². The van der Waals surface area contributed by atoms with Gasteiger partial charge < -0.3 is 14.9 Å². The van der Waals surface area contributed by atoms with E-state index in [-0.39, 0.29) is 11.9 Å². The molecule has 1 aliphatic heterocycles. The number of hydrogen-bond donors (Lipinski definition) is 2. The van der Waals surface area contributed by atoms with Gasteiger partial charge in [0.1, 0.15) is 18.5 Å². The lowest BCUT2D eigenvalue weighted by Crippen LogP contribution is -3.15. The van der Waals surface area contributed by atoms with Crippen LogP contribution < -0.4 is 9.80 Å². The summed E-state index contributed by atoms with van der Waals surface area (Å²) in [7, 11) is 0. The number of aliphatic hydroxyl groups excluding tert-OH is 1. The van der Waals surface area contributed by atoms with Gasteiger partial charge in [0.05, 0.1) is 26.2 Å². The third-order valence-electron chi connectivity index (χ3n) is 4.65. The van der Waals surface area contributed by atoms with Crippen molar-refractivity contribution in [3.63, 3.8) is 0 Å². The second kappa shape index (κ2) is 8.70. The summed E-state index contributed by atoms with van der Waals surface area (Å²) in [6, 6.07) is 15.1. The number of anilines is 1. The van der Waals surface area contributed by atoms with E-state index in [2.05, 4.69) is 36.1 Å². The first-order chi connectivity index (χ1) is 12.1. The van der Waals surface area contributed by atoms with Crippen LogP contribution in [0.1, 0.15) is 5.56 Å². The fourth-order valence-electron chi connectivity index (χ4n) is 3.16. The molecule has 0 radical (unpaired) electrons. The molecule has 1 atom stereocenters. The number of nitrogens with zero attached hydrogens (tertiary/aromatic N) is 1. The average Bonchev–Trinajstić information content (AvgIpc) is 2.63. The van der Waals surface area contributed by atoms with Gasteiger partial charge in [-0.15, -0.1) is 11.8 Å². The lowest BCUT2D eigenvalue weighted by atomic mass is 10.2. The number of piperazine rings is 1. The summed E-state index contributed by atoms with van der Waals surface area (Å²) in [6.07, 6.45) is -0.293. The molecule has 134 valence electrons. The quantitative estimate of drug-likeness (QED) is 0.771. The Kier molecular flexibility index (Phi) is 6.34. The van der Waals surface area contributed by atoms with Crippen molar-refractivity contribution < 1.29 is 14.4 Å². The minimum absolute atomic E-state index is 0.192. The molecule has 0 saturated carbocycles. The van der Waals surface area contributed by atoms with Gasteiger partial charge in [0.15, 0.2) is 0 Å². The van der Waals surface area contributed by atoms with Crippen LogP contribution in [0.3, 0.4) is 0 Å². The molecule has 1 aliphatic rings. The Balaban J connectivity index is 1.40. The van der Waals surface area contributed by atoms with Gasteiger partial charge in [0.2, 0.25) is 0 Å². The largest absolute Gasteiger partial charge is 0.386 e. The molecule has 0 aliphatic carbocycles. The van der Waals surface area contributed by atoms with E-state index in [4.69, 9.17) is 0 Å². The number of quaternary nitrogens is 1. The fraction of sp³-hybridized carbons (Fsp3) is 0.400. The maximum Gasteiger partial charge on any atom is 0.123 e. The molecule has 25 heavy (non-hydrogen) atoms. The third kappa shape index (κ3) is 5.46. The number of thioether (sulfide) groups is 1. The molecule has 0 aromatic heterocycles. The number of nitrogens with one attached hydrogen (secondary N) is 1. The van der Waals surface area contributed by atoms with Crippen LogP contribution in [0.2, 0.25) is 0 Å². The fourth-order valence-corrected chi connectivity index (χ4v) is 3.99. The number of halogens is 1. The Labute approximate surface area is 153 Å². The van der Waals surface area contributed by atoms with E-state index in [1.165, 1.54) is 27.5 Å². The highest BCUT2D eigenvalue weighted by molar-refractivity contribution is 7.99. The molecule has 1 fully saturated rings. The molecule has 1 saturated heterocycles. The maximum absolute atomic E-state index is 13.0. The number of hydrogen-bond acceptors (Lipinski definition) is 3. The molecular formula is C20H26FN2OS+. The standard InChI is InChI=1S/C20H25FN2OS/c1-16-2-8-20(9-3-16)25-15-19(24)14-22-10-12-23(13-11-22)18-6-4-17(21)5-7-18/h2-9,19,24H,10-15H2,1H3/p+1/t19-/m1/s1. The Morgan fingerprint density at radius 3 is 2.36 bits per heavy atom. The maximum atomic E-state index is 13.0. The zero-order chi connectivity index (χ0) is 17.6. The summed E-state index contributed by atoms with van der Waals surface area (Å²) in [5.41, 5.74) is 2.34. The summed E-state index contributed by atoms with van der Waals surface area (Å²) in [6.45, 7) is 6.76. The van der Waals surface area contributed by atoms with Gasteiger partial charge in [0, 0.05) is 16.3 Å². The van der Waals surface area contributed by atoms with Gasteiger partial charge in [-0.25, -0.2) is 4.39 Å². The highest BCUT2D eigenvalue weighted by Crippen LogP contribution is 2.19. The van der Waals surface area contributed by atoms with E-state index in [1.807, 2.05) is 12.1 Å². The SMILES string of the molecule is Cc1ccc(SC[C@H](O)C[NH+]2CCN(c3ccc(F)cc3)CC2)cc1. The van der Waals surface area contributed by atoms with Crippen molar-refractivity contribution in [2.24, 2.45) is 0 Å². The van der Waals surface area contributed by atoms with E-state index >= 15 is 0 Å². The molecule has 0 amide bonds. The van der Waals surface area contributed by atoms with E-state index in [1.54, 1.807) is 11.8 Å². The molecule has 5 heteroatoms. The number of aliphatic hydroxyl groups is 1. The Morgan fingerprint density at radius 1 is 1.08 bits per heavy atom. The van der Waals surface area contributed by atoms with Gasteiger partial charge >= 0.3 is 0 Å². The Bertz CT molecular complexity index is 654. The minimum Gasteiger partial charge on any atom is -0.386 e. The summed E-state index contributed by atoms with van der Waals surface area (Å²) in [5, 5.41) is 10.3. The number of benzene rings is 2. The smallest absolute Gasteiger partial charge is 0.123 e. The van der Waals surface area contributed by atoms with Crippen molar-refractivity contribution in [2.75, 3.05) is 43.4 Å². The highest BCUT2D eigenvalue weighted by Gasteiger charge is 2.22. The van der Waals surface area contributed by atoms with Crippen molar-refractivity contribution in [2.45, 2.75) is 17.9 Å². The molecule has 2 aromatic rings. The van der Waals surface area contributed by atoms with Crippen molar-refractivity contribution in [3.8, 4) is 0 Å².